The Kier molecular flexibility index (Phi) is 6.36. The first-order chi connectivity index (χ1) is 17.3. The molecule has 0 saturated heterocycles. The van der Waals surface area contributed by atoms with Crippen molar-refractivity contribution in [1.29, 1.82) is 0 Å². The number of carboxylic acid groups (broad SMARTS) is 1. The molecule has 4 atom stereocenters. The van der Waals surface area contributed by atoms with E-state index in [1.165, 1.54) is 11.3 Å². The van der Waals surface area contributed by atoms with Crippen LogP contribution < -0.4 is 15.8 Å². The number of nitrogens with two attached hydrogens (primary N) is 1. The third-order valence-electron chi connectivity index (χ3n) is 7.38. The molecule has 0 bridgehead atoms. The van der Waals surface area contributed by atoms with Crippen molar-refractivity contribution in [1.82, 2.24) is 4.98 Å². The van der Waals surface area contributed by atoms with Crippen LogP contribution in [0.1, 0.15) is 47.5 Å². The number of hydrogen-bond acceptors (Lipinski definition) is 8. The quantitative estimate of drug-likeness (QED) is 0.308. The molecule has 1 aliphatic carbocycles. The molecule has 2 aliphatic rings. The summed E-state index contributed by atoms with van der Waals surface area (Å²) in [7, 11) is 1.54. The van der Waals surface area contributed by atoms with Gasteiger partial charge in [-0.2, -0.15) is 0 Å². The molecule has 9 heteroatoms. The van der Waals surface area contributed by atoms with Crippen molar-refractivity contribution in [3.05, 3.63) is 65.9 Å². The van der Waals surface area contributed by atoms with Crippen LogP contribution in [0.3, 0.4) is 0 Å². The van der Waals surface area contributed by atoms with Crippen molar-refractivity contribution in [2.24, 2.45) is 11.7 Å². The fraction of sp³-hybridized carbons (Fsp3) is 0.333. The molecule has 1 aliphatic heterocycles. The predicted molar refractivity (Wildman–Crippen MR) is 137 cm³/mol. The number of nitrogens with one attached hydrogen (secondary N) is 1. The van der Waals surface area contributed by atoms with Crippen molar-refractivity contribution in [2.45, 2.75) is 43.2 Å². The number of hydrogen-bond donors (Lipinski definition) is 3. The van der Waals surface area contributed by atoms with Crippen molar-refractivity contribution in [3.8, 4) is 15.6 Å². The van der Waals surface area contributed by atoms with E-state index >= 15 is 0 Å². The molecule has 1 aromatic heterocycles. The zero-order chi connectivity index (χ0) is 25.4. The minimum Gasteiger partial charge on any atom is -0.480 e. The van der Waals surface area contributed by atoms with Gasteiger partial charge < -0.3 is 20.9 Å². The van der Waals surface area contributed by atoms with E-state index < -0.39 is 35.4 Å². The number of carbonyl (C=O) groups excluding carboxylic acids is 2. The van der Waals surface area contributed by atoms with Crippen LogP contribution in [0.4, 0.5) is 5.69 Å². The molecule has 3 aromatic rings. The number of aromatic nitrogens is 1. The van der Waals surface area contributed by atoms with Gasteiger partial charge in [0.1, 0.15) is 5.54 Å². The van der Waals surface area contributed by atoms with Gasteiger partial charge in [0.05, 0.1) is 12.0 Å². The lowest BCUT2D eigenvalue weighted by molar-refractivity contribution is -0.146. The molecule has 36 heavy (non-hydrogen) atoms. The number of nitrogens with zero attached hydrogens (tertiary/aromatic N) is 1. The molecule has 1 fully saturated rings. The number of fused-ring (bicyclic) bond motifs is 2. The van der Waals surface area contributed by atoms with Crippen molar-refractivity contribution in [3.63, 3.8) is 0 Å². The SMILES string of the molecule is COc1ncc(-c2ccc(C(=O)C(=O)CC(N)(C(=O)O)C3c4ccccc4NC4CCCC43)cc2)s1. The van der Waals surface area contributed by atoms with Gasteiger partial charge in [-0.15, -0.1) is 0 Å². The number of aliphatic carboxylic acids is 1. The number of ketones is 2. The lowest BCUT2D eigenvalue weighted by atomic mass is 9.66. The average Bonchev–Trinajstić information content (AvgIpc) is 3.56. The smallest absolute Gasteiger partial charge is 0.324 e. The molecular formula is C27H27N3O5S. The number of rotatable bonds is 8. The van der Waals surface area contributed by atoms with Crippen LogP contribution in [0.25, 0.3) is 10.4 Å². The maximum absolute atomic E-state index is 13.2. The Morgan fingerprint density at radius 3 is 2.61 bits per heavy atom. The second kappa shape index (κ2) is 9.48. The Hall–Kier alpha value is -3.56. The minimum atomic E-state index is -1.91. The largest absolute Gasteiger partial charge is 0.480 e. The summed E-state index contributed by atoms with van der Waals surface area (Å²) in [5.74, 6) is -3.44. The molecule has 1 saturated carbocycles. The van der Waals surface area contributed by atoms with E-state index in [-0.39, 0.29) is 17.5 Å². The van der Waals surface area contributed by atoms with E-state index in [4.69, 9.17) is 10.5 Å². The number of benzene rings is 2. The molecular weight excluding hydrogens is 478 g/mol. The zero-order valence-corrected chi connectivity index (χ0v) is 20.6. The van der Waals surface area contributed by atoms with Gasteiger partial charge in [-0.05, 0) is 36.0 Å². The van der Waals surface area contributed by atoms with Gasteiger partial charge in [0.25, 0.3) is 5.19 Å². The van der Waals surface area contributed by atoms with E-state index in [0.29, 0.717) is 5.19 Å². The third kappa shape index (κ3) is 4.18. The highest BCUT2D eigenvalue weighted by atomic mass is 32.1. The Labute approximate surface area is 212 Å². The molecule has 2 heterocycles. The van der Waals surface area contributed by atoms with Crippen molar-refractivity contribution in [2.75, 3.05) is 12.4 Å². The van der Waals surface area contributed by atoms with Crippen LogP contribution in [-0.4, -0.2) is 46.3 Å². The van der Waals surface area contributed by atoms with Gasteiger partial charge in [0.2, 0.25) is 11.6 Å². The molecule has 0 radical (unpaired) electrons. The number of carboxylic acids is 1. The summed E-state index contributed by atoms with van der Waals surface area (Å²) in [5, 5.41) is 14.3. The average molecular weight is 506 g/mol. The predicted octanol–water partition coefficient (Wildman–Crippen LogP) is 4.12. The van der Waals surface area contributed by atoms with Gasteiger partial charge in [0, 0.05) is 35.8 Å². The lowest BCUT2D eigenvalue weighted by Gasteiger charge is -2.44. The summed E-state index contributed by atoms with van der Waals surface area (Å²) in [6.45, 7) is 0. The van der Waals surface area contributed by atoms with Crippen LogP contribution in [0.15, 0.2) is 54.7 Å². The highest BCUT2D eigenvalue weighted by Gasteiger charge is 2.53. The summed E-state index contributed by atoms with van der Waals surface area (Å²) >= 11 is 1.36. The summed E-state index contributed by atoms with van der Waals surface area (Å²) < 4.78 is 5.12. The number of para-hydroxylation sites is 1. The van der Waals surface area contributed by atoms with Crippen LogP contribution in [0, 0.1) is 5.92 Å². The fourth-order valence-corrected chi connectivity index (χ4v) is 6.39. The van der Waals surface area contributed by atoms with Crippen molar-refractivity contribution >= 4 is 34.6 Å². The fourth-order valence-electron chi connectivity index (χ4n) is 5.65. The third-order valence-corrected chi connectivity index (χ3v) is 8.39. The highest BCUT2D eigenvalue weighted by Crippen LogP contribution is 2.50. The number of Topliss-reactive ketones (excluding diaryl/α,β-unsaturated/α-hetero) is 2. The van der Waals surface area contributed by atoms with E-state index in [0.717, 1.165) is 41.0 Å². The van der Waals surface area contributed by atoms with Crippen molar-refractivity contribution < 1.29 is 24.2 Å². The first kappa shape index (κ1) is 24.1. The van der Waals surface area contributed by atoms with Crippen LogP contribution in [0.2, 0.25) is 0 Å². The van der Waals surface area contributed by atoms with Gasteiger partial charge in [-0.25, -0.2) is 4.98 Å². The normalized spacial score (nSPS) is 22.0. The van der Waals surface area contributed by atoms with Gasteiger partial charge in [-0.3, -0.25) is 14.4 Å². The molecule has 5 rings (SSSR count). The first-order valence-corrected chi connectivity index (χ1v) is 12.7. The van der Waals surface area contributed by atoms with E-state index in [2.05, 4.69) is 10.3 Å². The van der Waals surface area contributed by atoms with E-state index in [1.807, 2.05) is 24.3 Å². The number of anilines is 1. The maximum Gasteiger partial charge on any atom is 0.324 e. The molecule has 2 aromatic carbocycles. The van der Waals surface area contributed by atoms with Crippen LogP contribution in [0.5, 0.6) is 5.19 Å². The molecule has 8 nitrogen and oxygen atoms in total. The number of carbonyl (C=O) groups is 3. The number of methoxy groups -OCH3 is 1. The standard InChI is InChI=1S/C27H27N3O5S/c1-35-26-29-14-22(36-26)15-9-11-16(12-10-15)24(32)21(31)13-27(28,25(33)34)23-17-5-2-3-7-19(17)30-20-8-4-6-18(20)23/h2-3,5,7,9-12,14,18,20,23,30H,4,6,8,13,28H2,1H3,(H,33,34). The summed E-state index contributed by atoms with van der Waals surface area (Å²) in [6.07, 6.45) is 3.78. The van der Waals surface area contributed by atoms with Crippen LogP contribution >= 0.6 is 11.3 Å². The summed E-state index contributed by atoms with van der Waals surface area (Å²) in [5.41, 5.74) is 7.35. The Morgan fingerprint density at radius 2 is 1.92 bits per heavy atom. The number of thiazole rings is 1. The van der Waals surface area contributed by atoms with Gasteiger partial charge >= 0.3 is 5.97 Å². The van der Waals surface area contributed by atoms with Gasteiger partial charge in [0.15, 0.2) is 0 Å². The van der Waals surface area contributed by atoms with Gasteiger partial charge in [-0.1, -0.05) is 60.2 Å². The zero-order valence-electron chi connectivity index (χ0n) is 19.8. The Balaban J connectivity index is 1.41. The highest BCUT2D eigenvalue weighted by molar-refractivity contribution is 7.16. The minimum absolute atomic E-state index is 0.0282. The molecule has 4 N–H and O–H groups in total. The monoisotopic (exact) mass is 505 g/mol. The topological polar surface area (TPSA) is 132 Å². The molecule has 0 spiro atoms. The molecule has 186 valence electrons. The van der Waals surface area contributed by atoms with Crippen LogP contribution in [-0.2, 0) is 9.59 Å². The second-order valence-electron chi connectivity index (χ2n) is 9.46. The summed E-state index contributed by atoms with van der Waals surface area (Å²) in [4.78, 5) is 43.9. The summed E-state index contributed by atoms with van der Waals surface area (Å²) in [6, 6.07) is 14.2. The maximum atomic E-state index is 13.2. The molecule has 4 unspecified atom stereocenters. The Morgan fingerprint density at radius 1 is 1.17 bits per heavy atom. The second-order valence-corrected chi connectivity index (χ2v) is 10.5. The number of ether oxygens (including phenoxy) is 1. The first-order valence-electron chi connectivity index (χ1n) is 11.9. The van der Waals surface area contributed by atoms with E-state index in [9.17, 15) is 19.5 Å². The van der Waals surface area contributed by atoms with E-state index in [1.54, 1.807) is 37.6 Å². The lowest BCUT2D eigenvalue weighted by Crippen LogP contribution is -2.59. The molecule has 0 amide bonds. The Bertz CT molecular complexity index is 1320.